The van der Waals surface area contributed by atoms with Crippen molar-refractivity contribution >= 4 is 11.6 Å². The normalized spacial score (nSPS) is 13.5. The highest BCUT2D eigenvalue weighted by Gasteiger charge is 2.24. The first kappa shape index (κ1) is 24.5. The Morgan fingerprint density at radius 2 is 1.60 bits per heavy atom. The molecule has 1 saturated heterocycles. The Labute approximate surface area is 208 Å². The Morgan fingerprint density at radius 1 is 0.886 bits per heavy atom. The van der Waals surface area contributed by atoms with Crippen LogP contribution in [-0.4, -0.2) is 50.7 Å². The highest BCUT2D eigenvalue weighted by atomic mass is 16.5. The molecule has 0 unspecified atom stereocenters. The Kier molecular flexibility index (Phi) is 7.80. The molecule has 1 amide bonds. The zero-order chi connectivity index (χ0) is 24.8. The van der Waals surface area contributed by atoms with Crippen molar-refractivity contribution in [2.24, 2.45) is 0 Å². The fraction of sp³-hybridized carbons (Fsp3) is 0.345. The first-order valence-corrected chi connectivity index (χ1v) is 12.1. The summed E-state index contributed by atoms with van der Waals surface area (Å²) >= 11 is 0. The van der Waals surface area contributed by atoms with Crippen LogP contribution in [0.5, 0.6) is 17.2 Å². The number of aryl methyl sites for hydroxylation is 1. The molecule has 0 atom stereocenters. The zero-order valence-corrected chi connectivity index (χ0v) is 21.0. The van der Waals surface area contributed by atoms with Gasteiger partial charge >= 0.3 is 0 Å². The van der Waals surface area contributed by atoms with Gasteiger partial charge in [0.1, 0.15) is 23.9 Å². The number of carbonyl (C=O) groups excluding carboxylic acids is 1. The van der Waals surface area contributed by atoms with Crippen LogP contribution in [0.1, 0.15) is 34.0 Å². The number of ether oxygens (including phenoxy) is 3. The van der Waals surface area contributed by atoms with E-state index in [0.717, 1.165) is 35.9 Å². The number of piperazine rings is 1. The number of hydrogen-bond acceptors (Lipinski definition) is 5. The fourth-order valence-corrected chi connectivity index (χ4v) is 4.37. The Balaban J connectivity index is 1.44. The van der Waals surface area contributed by atoms with Crippen LogP contribution in [0.2, 0.25) is 0 Å². The summed E-state index contributed by atoms with van der Waals surface area (Å²) in [5.41, 5.74) is 5.36. The van der Waals surface area contributed by atoms with Crippen molar-refractivity contribution in [1.29, 1.82) is 0 Å². The number of carbonyl (C=O) groups is 1. The second kappa shape index (κ2) is 11.2. The molecule has 35 heavy (non-hydrogen) atoms. The summed E-state index contributed by atoms with van der Waals surface area (Å²) in [6.45, 7) is 10.1. The van der Waals surface area contributed by atoms with Crippen LogP contribution in [-0.2, 0) is 6.61 Å². The molecule has 6 heteroatoms. The van der Waals surface area contributed by atoms with Gasteiger partial charge < -0.3 is 24.0 Å². The highest BCUT2D eigenvalue weighted by Crippen LogP contribution is 2.26. The van der Waals surface area contributed by atoms with Crippen LogP contribution < -0.4 is 19.1 Å². The maximum Gasteiger partial charge on any atom is 0.253 e. The van der Waals surface area contributed by atoms with Gasteiger partial charge in [-0.25, -0.2) is 0 Å². The molecule has 0 radical (unpaired) electrons. The van der Waals surface area contributed by atoms with Gasteiger partial charge in [0.25, 0.3) is 5.91 Å². The summed E-state index contributed by atoms with van der Waals surface area (Å²) < 4.78 is 17.0. The average Bonchev–Trinajstić information content (AvgIpc) is 2.90. The van der Waals surface area contributed by atoms with Crippen molar-refractivity contribution in [3.05, 3.63) is 82.9 Å². The molecular weight excluding hydrogens is 440 g/mol. The van der Waals surface area contributed by atoms with E-state index in [2.05, 4.69) is 36.9 Å². The van der Waals surface area contributed by atoms with E-state index < -0.39 is 0 Å². The molecule has 0 saturated carbocycles. The maximum atomic E-state index is 13.3. The van der Waals surface area contributed by atoms with Crippen LogP contribution in [0, 0.1) is 13.8 Å². The lowest BCUT2D eigenvalue weighted by molar-refractivity contribution is 0.0746. The Hall–Kier alpha value is -3.67. The first-order chi connectivity index (χ1) is 17.0. The van der Waals surface area contributed by atoms with E-state index in [1.165, 1.54) is 16.8 Å². The summed E-state index contributed by atoms with van der Waals surface area (Å²) in [6.07, 6.45) is 0. The molecule has 0 bridgehead atoms. The van der Waals surface area contributed by atoms with Gasteiger partial charge in [0.15, 0.2) is 0 Å². The zero-order valence-electron chi connectivity index (χ0n) is 21.0. The second-order valence-corrected chi connectivity index (χ2v) is 8.72. The second-order valence-electron chi connectivity index (χ2n) is 8.72. The van der Waals surface area contributed by atoms with Crippen molar-refractivity contribution in [3.63, 3.8) is 0 Å². The van der Waals surface area contributed by atoms with E-state index in [1.807, 2.05) is 54.3 Å². The lowest BCUT2D eigenvalue weighted by Gasteiger charge is -2.37. The van der Waals surface area contributed by atoms with Crippen molar-refractivity contribution in [2.75, 3.05) is 44.8 Å². The monoisotopic (exact) mass is 474 g/mol. The topological polar surface area (TPSA) is 51.2 Å². The molecule has 4 rings (SSSR count). The number of methoxy groups -OCH3 is 1. The van der Waals surface area contributed by atoms with Crippen LogP contribution in [0.15, 0.2) is 60.7 Å². The number of nitrogens with zero attached hydrogens (tertiary/aromatic N) is 2. The highest BCUT2D eigenvalue weighted by molar-refractivity contribution is 5.94. The summed E-state index contributed by atoms with van der Waals surface area (Å²) in [6, 6.07) is 19.5. The minimum absolute atomic E-state index is 0.0411. The van der Waals surface area contributed by atoms with Gasteiger partial charge in [-0.1, -0.05) is 12.1 Å². The standard InChI is InChI=1S/C29H34N2O4/c1-5-34-28-14-9-23(19-24(28)20-35-26-12-10-25(33-4)11-13-26)29(32)31-17-15-30(16-18-31)27-8-6-7-21(2)22(27)3/h6-14,19H,5,15-18,20H2,1-4H3. The van der Waals surface area contributed by atoms with Gasteiger partial charge in [-0.3, -0.25) is 4.79 Å². The smallest absolute Gasteiger partial charge is 0.253 e. The van der Waals surface area contributed by atoms with E-state index in [1.54, 1.807) is 7.11 Å². The summed E-state index contributed by atoms with van der Waals surface area (Å²) in [5, 5.41) is 0. The molecule has 6 nitrogen and oxygen atoms in total. The molecule has 0 aromatic heterocycles. The molecule has 0 N–H and O–H groups in total. The van der Waals surface area contributed by atoms with E-state index in [-0.39, 0.29) is 5.91 Å². The van der Waals surface area contributed by atoms with Crippen LogP contribution >= 0.6 is 0 Å². The van der Waals surface area contributed by atoms with E-state index in [9.17, 15) is 4.79 Å². The lowest BCUT2D eigenvalue weighted by atomic mass is 10.1. The quantitative estimate of drug-likeness (QED) is 0.446. The molecule has 1 aliphatic heterocycles. The number of amides is 1. The van der Waals surface area contributed by atoms with Gasteiger partial charge in [0.2, 0.25) is 0 Å². The fourth-order valence-electron chi connectivity index (χ4n) is 4.37. The van der Waals surface area contributed by atoms with Crippen molar-refractivity contribution in [2.45, 2.75) is 27.4 Å². The minimum atomic E-state index is 0.0411. The Morgan fingerprint density at radius 3 is 2.29 bits per heavy atom. The lowest BCUT2D eigenvalue weighted by Crippen LogP contribution is -2.49. The molecule has 3 aromatic carbocycles. The third-order valence-corrected chi connectivity index (χ3v) is 6.54. The third kappa shape index (κ3) is 5.70. The number of anilines is 1. The van der Waals surface area contributed by atoms with Crippen molar-refractivity contribution in [3.8, 4) is 17.2 Å². The third-order valence-electron chi connectivity index (χ3n) is 6.54. The van der Waals surface area contributed by atoms with Gasteiger partial charge in [-0.2, -0.15) is 0 Å². The Bertz CT molecular complexity index is 1150. The van der Waals surface area contributed by atoms with Gasteiger partial charge in [-0.15, -0.1) is 0 Å². The molecular formula is C29H34N2O4. The van der Waals surface area contributed by atoms with Crippen molar-refractivity contribution < 1.29 is 19.0 Å². The predicted molar refractivity (Wildman–Crippen MR) is 139 cm³/mol. The molecule has 184 valence electrons. The first-order valence-electron chi connectivity index (χ1n) is 12.1. The number of benzene rings is 3. The number of hydrogen-bond donors (Lipinski definition) is 0. The maximum absolute atomic E-state index is 13.3. The predicted octanol–water partition coefficient (Wildman–Crippen LogP) is 5.25. The van der Waals surface area contributed by atoms with E-state index >= 15 is 0 Å². The molecule has 3 aromatic rings. The summed E-state index contributed by atoms with van der Waals surface area (Å²) in [4.78, 5) is 17.7. The molecule has 1 heterocycles. The SMILES string of the molecule is CCOc1ccc(C(=O)N2CCN(c3cccc(C)c3C)CC2)cc1COc1ccc(OC)cc1. The van der Waals surface area contributed by atoms with Crippen LogP contribution in [0.25, 0.3) is 0 Å². The molecule has 0 aliphatic carbocycles. The van der Waals surface area contributed by atoms with Gasteiger partial charge in [-0.05, 0) is 80.4 Å². The summed E-state index contributed by atoms with van der Waals surface area (Å²) in [5.74, 6) is 2.28. The minimum Gasteiger partial charge on any atom is -0.497 e. The van der Waals surface area contributed by atoms with Crippen LogP contribution in [0.3, 0.4) is 0 Å². The largest absolute Gasteiger partial charge is 0.497 e. The van der Waals surface area contributed by atoms with Gasteiger partial charge in [0, 0.05) is 43.0 Å². The molecule has 0 spiro atoms. The average molecular weight is 475 g/mol. The van der Waals surface area contributed by atoms with E-state index in [0.29, 0.717) is 31.9 Å². The van der Waals surface area contributed by atoms with Crippen LogP contribution in [0.4, 0.5) is 5.69 Å². The molecule has 1 fully saturated rings. The number of rotatable bonds is 8. The van der Waals surface area contributed by atoms with Gasteiger partial charge in [0.05, 0.1) is 13.7 Å². The van der Waals surface area contributed by atoms with Crippen molar-refractivity contribution in [1.82, 2.24) is 4.90 Å². The molecule has 1 aliphatic rings. The van der Waals surface area contributed by atoms with E-state index in [4.69, 9.17) is 14.2 Å². The summed E-state index contributed by atoms with van der Waals surface area (Å²) in [7, 11) is 1.64.